The van der Waals surface area contributed by atoms with E-state index in [0.717, 1.165) is 11.8 Å². The van der Waals surface area contributed by atoms with E-state index in [2.05, 4.69) is 42.6 Å². The minimum Gasteiger partial charge on any atom is -0.316 e. The molecule has 1 spiro atoms. The molecule has 1 heterocycles. The fourth-order valence-electron chi connectivity index (χ4n) is 4.69. The van der Waals surface area contributed by atoms with Crippen molar-refractivity contribution in [1.82, 2.24) is 5.32 Å². The van der Waals surface area contributed by atoms with Crippen LogP contribution in [0.2, 0.25) is 0 Å². The number of hydrogen-bond acceptors (Lipinski definition) is 1. The molecule has 0 radical (unpaired) electrons. The van der Waals surface area contributed by atoms with Crippen molar-refractivity contribution in [3.63, 3.8) is 0 Å². The first-order chi connectivity index (χ1) is 9.82. The van der Waals surface area contributed by atoms with Gasteiger partial charge in [-0.1, -0.05) is 56.5 Å². The summed E-state index contributed by atoms with van der Waals surface area (Å²) in [7, 11) is 0. The molecule has 2 fully saturated rings. The van der Waals surface area contributed by atoms with Gasteiger partial charge in [0.1, 0.15) is 0 Å². The summed E-state index contributed by atoms with van der Waals surface area (Å²) in [6, 6.07) is 11.1. The molecule has 0 aromatic heterocycles. The number of rotatable bonds is 3. The average Bonchev–Trinajstić information content (AvgIpc) is 2.51. The van der Waals surface area contributed by atoms with Gasteiger partial charge in [0.25, 0.3) is 0 Å². The fraction of sp³-hybridized carbons (Fsp3) is 0.684. The van der Waals surface area contributed by atoms with Gasteiger partial charge in [-0.25, -0.2) is 0 Å². The van der Waals surface area contributed by atoms with Gasteiger partial charge in [0.05, 0.1) is 0 Å². The van der Waals surface area contributed by atoms with Gasteiger partial charge in [0.2, 0.25) is 0 Å². The van der Waals surface area contributed by atoms with Gasteiger partial charge in [-0.15, -0.1) is 0 Å². The molecule has 1 saturated carbocycles. The van der Waals surface area contributed by atoms with Gasteiger partial charge in [-0.05, 0) is 61.6 Å². The Bertz CT molecular complexity index is 409. The summed E-state index contributed by atoms with van der Waals surface area (Å²) in [6.07, 6.45) is 9.96. The molecule has 1 saturated heterocycles. The monoisotopic (exact) mass is 271 g/mol. The van der Waals surface area contributed by atoms with Crippen LogP contribution in [0.3, 0.4) is 0 Å². The van der Waals surface area contributed by atoms with Crippen molar-refractivity contribution in [3.05, 3.63) is 35.9 Å². The van der Waals surface area contributed by atoms with E-state index in [4.69, 9.17) is 0 Å². The van der Waals surface area contributed by atoms with E-state index in [-0.39, 0.29) is 0 Å². The summed E-state index contributed by atoms with van der Waals surface area (Å²) in [5.74, 6) is 1.83. The lowest BCUT2D eigenvalue weighted by molar-refractivity contribution is 0.0316. The molecule has 0 bridgehead atoms. The molecule has 1 nitrogen and oxygen atoms in total. The largest absolute Gasteiger partial charge is 0.316 e. The number of nitrogens with one attached hydrogen (secondary N) is 1. The van der Waals surface area contributed by atoms with E-state index in [0.29, 0.717) is 5.41 Å². The summed E-state index contributed by atoms with van der Waals surface area (Å²) >= 11 is 0. The number of hydrogen-bond donors (Lipinski definition) is 1. The topological polar surface area (TPSA) is 12.0 Å². The van der Waals surface area contributed by atoms with E-state index < -0.39 is 0 Å². The second-order valence-electron chi connectivity index (χ2n) is 7.07. The summed E-state index contributed by atoms with van der Waals surface area (Å²) in [6.45, 7) is 4.85. The van der Waals surface area contributed by atoms with Crippen LogP contribution in [0.4, 0.5) is 0 Å². The minimum atomic E-state index is 0.639. The Hall–Kier alpha value is -0.820. The molecule has 3 rings (SSSR count). The molecule has 1 aromatic carbocycles. The highest BCUT2D eigenvalue weighted by Crippen LogP contribution is 2.50. The molecule has 20 heavy (non-hydrogen) atoms. The molecular weight excluding hydrogens is 242 g/mol. The Kier molecular flexibility index (Phi) is 4.45. The number of piperidine rings is 1. The Balaban J connectivity index is 1.76. The van der Waals surface area contributed by atoms with Crippen LogP contribution in [0.25, 0.3) is 0 Å². The predicted molar refractivity (Wildman–Crippen MR) is 85.8 cm³/mol. The highest BCUT2D eigenvalue weighted by atomic mass is 14.9. The van der Waals surface area contributed by atoms with Crippen molar-refractivity contribution in [2.24, 2.45) is 17.3 Å². The van der Waals surface area contributed by atoms with Crippen LogP contribution in [0.5, 0.6) is 0 Å². The molecule has 1 aliphatic carbocycles. The minimum absolute atomic E-state index is 0.639. The maximum atomic E-state index is 3.66. The first kappa shape index (κ1) is 14.1. The van der Waals surface area contributed by atoms with Crippen molar-refractivity contribution in [1.29, 1.82) is 0 Å². The Morgan fingerprint density at radius 2 is 2.05 bits per heavy atom. The fourth-order valence-corrected chi connectivity index (χ4v) is 4.69. The lowest BCUT2D eigenvalue weighted by atomic mass is 9.58. The summed E-state index contributed by atoms with van der Waals surface area (Å²) in [5, 5.41) is 3.66. The lowest BCUT2D eigenvalue weighted by Crippen LogP contribution is -2.48. The van der Waals surface area contributed by atoms with Crippen LogP contribution in [0.15, 0.2) is 30.3 Å². The molecule has 2 aliphatic rings. The van der Waals surface area contributed by atoms with Crippen LogP contribution >= 0.6 is 0 Å². The predicted octanol–water partition coefficient (Wildman–Crippen LogP) is 4.43. The maximum Gasteiger partial charge on any atom is -0.00120 e. The van der Waals surface area contributed by atoms with E-state index in [1.165, 1.54) is 63.6 Å². The molecule has 1 aromatic rings. The SMILES string of the molecule is CCC1CCCC2(CCNCC2Cc2ccccc2)C1. The Labute approximate surface area is 124 Å². The van der Waals surface area contributed by atoms with E-state index in [9.17, 15) is 0 Å². The molecule has 0 amide bonds. The van der Waals surface area contributed by atoms with Crippen LogP contribution in [0.1, 0.15) is 51.0 Å². The van der Waals surface area contributed by atoms with Gasteiger partial charge in [0, 0.05) is 0 Å². The Morgan fingerprint density at radius 3 is 2.85 bits per heavy atom. The molecule has 1 aliphatic heterocycles. The lowest BCUT2D eigenvalue weighted by Gasteiger charge is -2.49. The molecule has 3 atom stereocenters. The van der Waals surface area contributed by atoms with Gasteiger partial charge >= 0.3 is 0 Å². The smallest absolute Gasteiger partial charge is 0.00120 e. The second kappa shape index (κ2) is 6.30. The van der Waals surface area contributed by atoms with Gasteiger partial charge < -0.3 is 5.32 Å². The third-order valence-corrected chi connectivity index (χ3v) is 5.94. The highest BCUT2D eigenvalue weighted by Gasteiger charge is 2.43. The zero-order valence-electron chi connectivity index (χ0n) is 12.9. The van der Waals surface area contributed by atoms with Crippen molar-refractivity contribution in [2.45, 2.75) is 51.9 Å². The van der Waals surface area contributed by atoms with E-state index >= 15 is 0 Å². The Morgan fingerprint density at radius 1 is 1.20 bits per heavy atom. The summed E-state index contributed by atoms with van der Waals surface area (Å²) < 4.78 is 0. The molecule has 3 unspecified atom stereocenters. The third-order valence-electron chi connectivity index (χ3n) is 5.94. The average molecular weight is 271 g/mol. The molecular formula is C19H29N. The first-order valence-corrected chi connectivity index (χ1v) is 8.57. The van der Waals surface area contributed by atoms with Crippen LogP contribution in [-0.2, 0) is 6.42 Å². The van der Waals surface area contributed by atoms with Crippen molar-refractivity contribution in [2.75, 3.05) is 13.1 Å². The van der Waals surface area contributed by atoms with Crippen molar-refractivity contribution >= 4 is 0 Å². The highest BCUT2D eigenvalue weighted by molar-refractivity contribution is 5.16. The van der Waals surface area contributed by atoms with E-state index in [1.54, 1.807) is 0 Å². The quantitative estimate of drug-likeness (QED) is 0.858. The standard InChI is InChI=1S/C19H29N/c1-2-16-9-6-10-19(14-16)11-12-20-15-18(19)13-17-7-4-3-5-8-17/h3-5,7-8,16,18,20H,2,6,9-15H2,1H3. The summed E-state index contributed by atoms with van der Waals surface area (Å²) in [4.78, 5) is 0. The summed E-state index contributed by atoms with van der Waals surface area (Å²) in [5.41, 5.74) is 2.17. The van der Waals surface area contributed by atoms with Gasteiger partial charge in [-0.3, -0.25) is 0 Å². The normalized spacial score (nSPS) is 34.2. The van der Waals surface area contributed by atoms with Crippen LogP contribution in [-0.4, -0.2) is 13.1 Å². The number of benzene rings is 1. The van der Waals surface area contributed by atoms with Gasteiger partial charge in [0.15, 0.2) is 0 Å². The molecule has 110 valence electrons. The van der Waals surface area contributed by atoms with Crippen LogP contribution in [0, 0.1) is 17.3 Å². The van der Waals surface area contributed by atoms with Crippen molar-refractivity contribution < 1.29 is 0 Å². The van der Waals surface area contributed by atoms with E-state index in [1.807, 2.05) is 0 Å². The van der Waals surface area contributed by atoms with Crippen LogP contribution < -0.4 is 5.32 Å². The third kappa shape index (κ3) is 2.93. The second-order valence-corrected chi connectivity index (χ2v) is 7.07. The first-order valence-electron chi connectivity index (χ1n) is 8.57. The van der Waals surface area contributed by atoms with Gasteiger partial charge in [-0.2, -0.15) is 0 Å². The van der Waals surface area contributed by atoms with Crippen molar-refractivity contribution in [3.8, 4) is 0 Å². The zero-order valence-corrected chi connectivity index (χ0v) is 12.9. The molecule has 1 N–H and O–H groups in total. The maximum absolute atomic E-state index is 3.66. The zero-order chi connectivity index (χ0) is 13.8. The molecule has 1 heteroatoms.